The van der Waals surface area contributed by atoms with Crippen LogP contribution in [0.3, 0.4) is 0 Å². The Bertz CT molecular complexity index is 618. The lowest BCUT2D eigenvalue weighted by molar-refractivity contribution is -0.119. The molecule has 1 aromatic rings. The molecule has 1 saturated heterocycles. The molecule has 1 fully saturated rings. The third kappa shape index (κ3) is 3.51. The molecule has 7 nitrogen and oxygen atoms in total. The molecular formula is C13H19N3O4S. The summed E-state index contributed by atoms with van der Waals surface area (Å²) < 4.78 is 25.6. The molecule has 0 aromatic carbocycles. The Hall–Kier alpha value is -1.67. The first kappa shape index (κ1) is 15.7. The molecular weight excluding hydrogens is 294 g/mol. The Labute approximate surface area is 124 Å². The molecule has 0 aliphatic carbocycles. The van der Waals surface area contributed by atoms with Crippen molar-refractivity contribution in [1.29, 1.82) is 0 Å². The number of carbonyl (C=O) groups excluding carboxylic acids is 1. The highest BCUT2D eigenvalue weighted by molar-refractivity contribution is 7.89. The first-order chi connectivity index (χ1) is 9.95. The number of nitrogens with zero attached hydrogens (tertiary/aromatic N) is 2. The fourth-order valence-electron chi connectivity index (χ4n) is 2.40. The summed E-state index contributed by atoms with van der Waals surface area (Å²) in [6.45, 7) is 2.14. The predicted molar refractivity (Wildman–Crippen MR) is 78.3 cm³/mol. The van der Waals surface area contributed by atoms with E-state index in [9.17, 15) is 18.3 Å². The number of nitrogens with one attached hydrogen (secondary N) is 1. The lowest BCUT2D eigenvalue weighted by Gasteiger charge is -2.23. The SMILES string of the molecule is CCCS(=O)(=O)N1CCCC1C(=O)Nc1ncccc1O. The van der Waals surface area contributed by atoms with E-state index in [1.165, 1.54) is 16.6 Å². The molecule has 116 valence electrons. The van der Waals surface area contributed by atoms with Crippen molar-refractivity contribution in [1.82, 2.24) is 9.29 Å². The molecule has 21 heavy (non-hydrogen) atoms. The van der Waals surface area contributed by atoms with Gasteiger partial charge in [-0.25, -0.2) is 13.4 Å². The van der Waals surface area contributed by atoms with Crippen LogP contribution in [-0.2, 0) is 14.8 Å². The summed E-state index contributed by atoms with van der Waals surface area (Å²) in [6.07, 6.45) is 3.07. The van der Waals surface area contributed by atoms with Gasteiger partial charge in [-0.3, -0.25) is 4.79 Å². The number of hydrogen-bond donors (Lipinski definition) is 2. The number of pyridine rings is 1. The zero-order valence-electron chi connectivity index (χ0n) is 11.8. The summed E-state index contributed by atoms with van der Waals surface area (Å²) in [5.74, 6) is -0.527. The number of aromatic nitrogens is 1. The average molecular weight is 313 g/mol. The fraction of sp³-hybridized carbons (Fsp3) is 0.538. The molecule has 0 spiro atoms. The number of sulfonamides is 1. The number of aromatic hydroxyl groups is 1. The normalized spacial score (nSPS) is 19.6. The molecule has 2 rings (SSSR count). The van der Waals surface area contributed by atoms with E-state index in [-0.39, 0.29) is 17.3 Å². The van der Waals surface area contributed by atoms with Crippen molar-refractivity contribution >= 4 is 21.7 Å². The second-order valence-electron chi connectivity index (χ2n) is 4.95. The Morgan fingerprint density at radius 2 is 2.33 bits per heavy atom. The molecule has 1 amide bonds. The minimum absolute atomic E-state index is 0.0334. The first-order valence-corrected chi connectivity index (χ1v) is 8.51. The molecule has 0 bridgehead atoms. The van der Waals surface area contributed by atoms with E-state index in [0.29, 0.717) is 25.8 Å². The second kappa shape index (κ2) is 6.40. The lowest BCUT2D eigenvalue weighted by Crippen LogP contribution is -2.44. The standard InChI is InChI=1S/C13H19N3O4S/c1-2-9-21(19,20)16-8-4-5-10(16)13(18)15-12-11(17)6-3-7-14-12/h3,6-7,10,17H,2,4-5,8-9H2,1H3,(H,14,15,18). The van der Waals surface area contributed by atoms with E-state index in [0.717, 1.165) is 0 Å². The van der Waals surface area contributed by atoms with Crippen LogP contribution in [0.15, 0.2) is 18.3 Å². The van der Waals surface area contributed by atoms with Crippen molar-refractivity contribution < 1.29 is 18.3 Å². The van der Waals surface area contributed by atoms with Gasteiger partial charge in [-0.1, -0.05) is 6.92 Å². The lowest BCUT2D eigenvalue weighted by atomic mass is 10.2. The van der Waals surface area contributed by atoms with E-state index in [4.69, 9.17) is 0 Å². The second-order valence-corrected chi connectivity index (χ2v) is 6.99. The molecule has 1 atom stereocenters. The molecule has 1 aliphatic rings. The summed E-state index contributed by atoms with van der Waals surface area (Å²) in [4.78, 5) is 16.1. The summed E-state index contributed by atoms with van der Waals surface area (Å²) in [6, 6.07) is 2.21. The maximum Gasteiger partial charge on any atom is 0.244 e. The Morgan fingerprint density at radius 1 is 1.57 bits per heavy atom. The third-order valence-electron chi connectivity index (χ3n) is 3.35. The molecule has 2 N–H and O–H groups in total. The number of carbonyl (C=O) groups is 1. The first-order valence-electron chi connectivity index (χ1n) is 6.90. The maximum atomic E-state index is 12.3. The average Bonchev–Trinajstić information content (AvgIpc) is 2.91. The molecule has 0 saturated carbocycles. The van der Waals surface area contributed by atoms with Crippen molar-refractivity contribution in [3.8, 4) is 5.75 Å². The van der Waals surface area contributed by atoms with Crippen LogP contribution in [-0.4, -0.2) is 47.1 Å². The molecule has 8 heteroatoms. The van der Waals surface area contributed by atoms with Gasteiger partial charge in [-0.2, -0.15) is 4.31 Å². The van der Waals surface area contributed by atoms with Crippen molar-refractivity contribution in [2.75, 3.05) is 17.6 Å². The van der Waals surface area contributed by atoms with Crippen molar-refractivity contribution in [3.63, 3.8) is 0 Å². The van der Waals surface area contributed by atoms with Crippen molar-refractivity contribution in [2.24, 2.45) is 0 Å². The predicted octanol–water partition coefficient (Wildman–Crippen LogP) is 0.930. The number of amides is 1. The van der Waals surface area contributed by atoms with Gasteiger partial charge in [0, 0.05) is 12.7 Å². The van der Waals surface area contributed by atoms with E-state index >= 15 is 0 Å². The Morgan fingerprint density at radius 3 is 3.00 bits per heavy atom. The van der Waals surface area contributed by atoms with Crippen molar-refractivity contribution in [2.45, 2.75) is 32.2 Å². The summed E-state index contributed by atoms with van der Waals surface area (Å²) in [7, 11) is -3.42. The smallest absolute Gasteiger partial charge is 0.244 e. The van der Waals surface area contributed by atoms with Gasteiger partial charge in [0.15, 0.2) is 11.6 Å². The van der Waals surface area contributed by atoms with Crippen LogP contribution in [0.2, 0.25) is 0 Å². The van der Waals surface area contributed by atoms with E-state index in [1.807, 2.05) is 0 Å². The van der Waals surface area contributed by atoms with Crippen LogP contribution >= 0.6 is 0 Å². The van der Waals surface area contributed by atoms with Gasteiger partial charge in [0.2, 0.25) is 15.9 Å². The Balaban J connectivity index is 2.13. The van der Waals surface area contributed by atoms with Crippen LogP contribution < -0.4 is 5.32 Å². The summed E-state index contributed by atoms with van der Waals surface area (Å²) >= 11 is 0. The quantitative estimate of drug-likeness (QED) is 0.842. The van der Waals surface area contributed by atoms with Gasteiger partial charge in [0.25, 0.3) is 0 Å². The van der Waals surface area contributed by atoms with Gasteiger partial charge in [0.05, 0.1) is 5.75 Å². The fourth-order valence-corrected chi connectivity index (χ4v) is 4.15. The number of anilines is 1. The monoisotopic (exact) mass is 313 g/mol. The molecule has 1 aliphatic heterocycles. The third-order valence-corrected chi connectivity index (χ3v) is 5.43. The van der Waals surface area contributed by atoms with Crippen LogP contribution in [0.5, 0.6) is 5.75 Å². The summed E-state index contributed by atoms with van der Waals surface area (Å²) in [5, 5.41) is 12.1. The highest BCUT2D eigenvalue weighted by Gasteiger charge is 2.38. The van der Waals surface area contributed by atoms with Crippen LogP contribution in [0.4, 0.5) is 5.82 Å². The Kier molecular flexibility index (Phi) is 4.79. The zero-order valence-corrected chi connectivity index (χ0v) is 12.6. The molecule has 1 unspecified atom stereocenters. The van der Waals surface area contributed by atoms with E-state index in [2.05, 4.69) is 10.3 Å². The highest BCUT2D eigenvalue weighted by atomic mass is 32.2. The highest BCUT2D eigenvalue weighted by Crippen LogP contribution is 2.25. The number of hydrogen-bond acceptors (Lipinski definition) is 5. The zero-order chi connectivity index (χ0) is 15.5. The number of rotatable bonds is 5. The van der Waals surface area contributed by atoms with Gasteiger partial charge in [-0.05, 0) is 31.4 Å². The minimum atomic E-state index is -3.42. The van der Waals surface area contributed by atoms with Gasteiger partial charge >= 0.3 is 0 Å². The molecule has 1 aromatic heterocycles. The van der Waals surface area contributed by atoms with Gasteiger partial charge in [0.1, 0.15) is 6.04 Å². The van der Waals surface area contributed by atoms with E-state index < -0.39 is 22.0 Å². The minimum Gasteiger partial charge on any atom is -0.504 e. The van der Waals surface area contributed by atoms with Gasteiger partial charge < -0.3 is 10.4 Å². The summed E-state index contributed by atoms with van der Waals surface area (Å²) in [5.41, 5.74) is 0. The van der Waals surface area contributed by atoms with Crippen molar-refractivity contribution in [3.05, 3.63) is 18.3 Å². The van der Waals surface area contributed by atoms with Gasteiger partial charge in [-0.15, -0.1) is 0 Å². The largest absolute Gasteiger partial charge is 0.504 e. The van der Waals surface area contributed by atoms with Crippen LogP contribution in [0.1, 0.15) is 26.2 Å². The van der Waals surface area contributed by atoms with Crippen LogP contribution in [0, 0.1) is 0 Å². The molecule has 0 radical (unpaired) electrons. The van der Waals surface area contributed by atoms with E-state index in [1.54, 1.807) is 13.0 Å². The maximum absolute atomic E-state index is 12.3. The topological polar surface area (TPSA) is 99.6 Å². The molecule has 2 heterocycles. The van der Waals surface area contributed by atoms with Crippen LogP contribution in [0.25, 0.3) is 0 Å².